The summed E-state index contributed by atoms with van der Waals surface area (Å²) in [5, 5.41) is 2.62. The molecule has 1 unspecified atom stereocenters. The maximum atomic E-state index is 12.5. The highest BCUT2D eigenvalue weighted by atomic mass is 32.2. The molecule has 0 spiro atoms. The molecular formula is C13H21N3O2S. The van der Waals surface area contributed by atoms with Crippen molar-refractivity contribution in [3.05, 3.63) is 30.1 Å². The first kappa shape index (κ1) is 14.4. The summed E-state index contributed by atoms with van der Waals surface area (Å²) in [5.74, 6) is 0. The number of nitrogens with one attached hydrogen (secondary N) is 1. The summed E-state index contributed by atoms with van der Waals surface area (Å²) in [6, 6.07) is 5.81. The molecule has 2 rings (SSSR count). The molecule has 1 atom stereocenters. The predicted molar refractivity (Wildman–Crippen MR) is 75.2 cm³/mol. The molecule has 0 radical (unpaired) electrons. The van der Waals surface area contributed by atoms with E-state index in [1.165, 1.54) is 0 Å². The van der Waals surface area contributed by atoms with Crippen molar-refractivity contribution < 1.29 is 8.42 Å². The monoisotopic (exact) mass is 283 g/mol. The fourth-order valence-electron chi connectivity index (χ4n) is 2.39. The Morgan fingerprint density at radius 2 is 2.05 bits per heavy atom. The van der Waals surface area contributed by atoms with Gasteiger partial charge in [0.1, 0.15) is 5.25 Å². The van der Waals surface area contributed by atoms with Gasteiger partial charge < -0.3 is 5.32 Å². The van der Waals surface area contributed by atoms with Crippen LogP contribution in [0.5, 0.6) is 0 Å². The van der Waals surface area contributed by atoms with Crippen molar-refractivity contribution in [3.8, 4) is 0 Å². The molecule has 1 aliphatic rings. The first-order valence-corrected chi connectivity index (χ1v) is 8.13. The third kappa shape index (κ3) is 3.13. The van der Waals surface area contributed by atoms with Crippen LogP contribution in [0, 0.1) is 0 Å². The number of nitrogens with zero attached hydrogens (tertiary/aromatic N) is 2. The lowest BCUT2D eigenvalue weighted by atomic mass is 10.1. The Hall–Kier alpha value is -0.980. The maximum Gasteiger partial charge on any atom is 0.222 e. The van der Waals surface area contributed by atoms with Crippen LogP contribution in [0.4, 0.5) is 0 Å². The van der Waals surface area contributed by atoms with E-state index in [0.29, 0.717) is 24.8 Å². The molecule has 1 aliphatic heterocycles. The fraction of sp³-hybridized carbons (Fsp3) is 0.615. The van der Waals surface area contributed by atoms with E-state index in [0.717, 1.165) is 12.8 Å². The quantitative estimate of drug-likeness (QED) is 0.900. The van der Waals surface area contributed by atoms with Crippen LogP contribution in [-0.4, -0.2) is 43.9 Å². The minimum atomic E-state index is -3.30. The molecule has 5 nitrogen and oxygen atoms in total. The number of hydrogen-bond donors (Lipinski definition) is 1. The van der Waals surface area contributed by atoms with E-state index in [4.69, 9.17) is 0 Å². The maximum absolute atomic E-state index is 12.5. The average molecular weight is 283 g/mol. The zero-order valence-corrected chi connectivity index (χ0v) is 12.2. The van der Waals surface area contributed by atoms with E-state index in [1.807, 2.05) is 13.1 Å². The molecule has 1 saturated heterocycles. The number of hydrogen-bond acceptors (Lipinski definition) is 4. The second-order valence-electron chi connectivity index (χ2n) is 4.90. The van der Waals surface area contributed by atoms with Crippen molar-refractivity contribution in [1.82, 2.24) is 14.6 Å². The first-order valence-electron chi connectivity index (χ1n) is 6.63. The van der Waals surface area contributed by atoms with Crippen LogP contribution in [0.1, 0.15) is 30.7 Å². The van der Waals surface area contributed by atoms with E-state index in [9.17, 15) is 8.42 Å². The Bertz CT molecular complexity index is 496. The van der Waals surface area contributed by atoms with E-state index in [-0.39, 0.29) is 0 Å². The Kier molecular flexibility index (Phi) is 4.54. The predicted octanol–water partition coefficient (Wildman–Crippen LogP) is 1.16. The number of aromatic nitrogens is 1. The highest BCUT2D eigenvalue weighted by molar-refractivity contribution is 7.89. The van der Waals surface area contributed by atoms with Gasteiger partial charge in [0.25, 0.3) is 0 Å². The first-order chi connectivity index (χ1) is 9.05. The molecule has 106 valence electrons. The van der Waals surface area contributed by atoms with Gasteiger partial charge in [-0.2, -0.15) is 0 Å². The highest BCUT2D eigenvalue weighted by Gasteiger charge is 2.33. The molecule has 0 aliphatic carbocycles. The van der Waals surface area contributed by atoms with Crippen LogP contribution in [0.3, 0.4) is 0 Å². The Balaban J connectivity index is 2.11. The molecule has 1 aromatic rings. The lowest BCUT2D eigenvalue weighted by Crippen LogP contribution is -2.45. The summed E-state index contributed by atoms with van der Waals surface area (Å²) in [6.45, 7) is 2.89. The van der Waals surface area contributed by atoms with Gasteiger partial charge in [0.15, 0.2) is 0 Å². The third-order valence-corrected chi connectivity index (χ3v) is 5.99. The van der Waals surface area contributed by atoms with Gasteiger partial charge in [0.2, 0.25) is 10.0 Å². The zero-order valence-electron chi connectivity index (χ0n) is 11.4. The molecule has 0 bridgehead atoms. The summed E-state index contributed by atoms with van der Waals surface area (Å²) >= 11 is 0. The van der Waals surface area contributed by atoms with Crippen molar-refractivity contribution >= 4 is 10.0 Å². The van der Waals surface area contributed by atoms with Crippen LogP contribution in [0.25, 0.3) is 0 Å². The molecular weight excluding hydrogens is 262 g/mol. The molecule has 2 heterocycles. The van der Waals surface area contributed by atoms with Gasteiger partial charge in [-0.25, -0.2) is 12.7 Å². The Morgan fingerprint density at radius 3 is 2.58 bits per heavy atom. The normalized spacial score (nSPS) is 20.3. The van der Waals surface area contributed by atoms with Crippen LogP contribution in [-0.2, 0) is 10.0 Å². The van der Waals surface area contributed by atoms with E-state index in [2.05, 4.69) is 10.3 Å². The second-order valence-corrected chi connectivity index (χ2v) is 7.16. The Labute approximate surface area is 115 Å². The van der Waals surface area contributed by atoms with Crippen LogP contribution in [0.15, 0.2) is 24.4 Å². The van der Waals surface area contributed by atoms with Crippen molar-refractivity contribution in [2.45, 2.75) is 31.1 Å². The van der Waals surface area contributed by atoms with Crippen molar-refractivity contribution in [1.29, 1.82) is 0 Å². The lowest BCUT2D eigenvalue weighted by molar-refractivity contribution is 0.296. The third-order valence-electron chi connectivity index (χ3n) is 3.77. The van der Waals surface area contributed by atoms with Crippen LogP contribution < -0.4 is 5.32 Å². The minimum absolute atomic E-state index is 0.427. The molecule has 6 heteroatoms. The molecule has 0 saturated carbocycles. The number of rotatable bonds is 4. The second kappa shape index (κ2) is 5.98. The van der Waals surface area contributed by atoms with Gasteiger partial charge >= 0.3 is 0 Å². The number of piperidine rings is 1. The van der Waals surface area contributed by atoms with Gasteiger partial charge in [-0.1, -0.05) is 6.07 Å². The van der Waals surface area contributed by atoms with Crippen LogP contribution >= 0.6 is 0 Å². The van der Waals surface area contributed by atoms with E-state index in [1.54, 1.807) is 29.6 Å². The standard InChI is InChI=1S/C13H21N3O2S/c1-11(13-5-3-4-8-15-13)19(17,18)16-9-6-12(14-2)7-10-16/h3-5,8,11-12,14H,6-7,9-10H2,1-2H3. The zero-order chi connectivity index (χ0) is 13.9. The summed E-state index contributed by atoms with van der Waals surface area (Å²) in [4.78, 5) is 4.15. The largest absolute Gasteiger partial charge is 0.317 e. The van der Waals surface area contributed by atoms with Crippen LogP contribution in [0.2, 0.25) is 0 Å². The number of pyridine rings is 1. The van der Waals surface area contributed by atoms with E-state index < -0.39 is 15.3 Å². The average Bonchev–Trinajstić information content (AvgIpc) is 2.47. The van der Waals surface area contributed by atoms with Gasteiger partial charge in [0.05, 0.1) is 5.69 Å². The minimum Gasteiger partial charge on any atom is -0.317 e. The summed E-state index contributed by atoms with van der Waals surface area (Å²) in [6.07, 6.45) is 3.37. The molecule has 0 amide bonds. The molecule has 1 N–H and O–H groups in total. The number of sulfonamides is 1. The van der Waals surface area contributed by atoms with Gasteiger partial charge in [0, 0.05) is 25.3 Å². The lowest BCUT2D eigenvalue weighted by Gasteiger charge is -2.32. The summed E-state index contributed by atoms with van der Waals surface area (Å²) in [7, 11) is -1.38. The van der Waals surface area contributed by atoms with Crippen molar-refractivity contribution in [2.75, 3.05) is 20.1 Å². The smallest absolute Gasteiger partial charge is 0.222 e. The van der Waals surface area contributed by atoms with Gasteiger partial charge in [-0.3, -0.25) is 4.98 Å². The topological polar surface area (TPSA) is 62.3 Å². The summed E-state index contributed by atoms with van der Waals surface area (Å²) in [5.41, 5.74) is 0.609. The highest BCUT2D eigenvalue weighted by Crippen LogP contribution is 2.26. The fourth-order valence-corrected chi connectivity index (χ4v) is 4.00. The summed E-state index contributed by atoms with van der Waals surface area (Å²) < 4.78 is 26.7. The van der Waals surface area contributed by atoms with E-state index >= 15 is 0 Å². The molecule has 19 heavy (non-hydrogen) atoms. The molecule has 1 aromatic heterocycles. The molecule has 0 aromatic carbocycles. The SMILES string of the molecule is CNC1CCN(S(=O)(=O)C(C)c2ccccn2)CC1. The van der Waals surface area contributed by atoms with Gasteiger partial charge in [-0.05, 0) is 38.9 Å². The Morgan fingerprint density at radius 1 is 1.37 bits per heavy atom. The van der Waals surface area contributed by atoms with Crippen molar-refractivity contribution in [2.24, 2.45) is 0 Å². The van der Waals surface area contributed by atoms with Gasteiger partial charge in [-0.15, -0.1) is 0 Å². The molecule has 1 fully saturated rings. The van der Waals surface area contributed by atoms with Crippen molar-refractivity contribution in [3.63, 3.8) is 0 Å².